The van der Waals surface area contributed by atoms with E-state index in [0.717, 1.165) is 23.4 Å². The van der Waals surface area contributed by atoms with E-state index in [4.69, 9.17) is 0 Å². The van der Waals surface area contributed by atoms with Gasteiger partial charge in [0, 0.05) is 23.7 Å². The van der Waals surface area contributed by atoms with Crippen molar-refractivity contribution in [2.24, 2.45) is 0 Å². The predicted octanol–water partition coefficient (Wildman–Crippen LogP) is 3.48. The molecule has 2 rings (SSSR count). The predicted molar refractivity (Wildman–Crippen MR) is 73.7 cm³/mol. The van der Waals surface area contributed by atoms with Crippen molar-refractivity contribution in [3.05, 3.63) is 40.2 Å². The summed E-state index contributed by atoms with van der Waals surface area (Å²) in [5, 5.41) is 10.4. The third kappa shape index (κ3) is 2.97. The highest BCUT2D eigenvalue weighted by Gasteiger charge is 2.09. The molecule has 96 valence electrons. The van der Waals surface area contributed by atoms with E-state index < -0.39 is 0 Å². The van der Waals surface area contributed by atoms with Gasteiger partial charge >= 0.3 is 0 Å². The van der Waals surface area contributed by atoms with Crippen molar-refractivity contribution in [1.82, 2.24) is 15.5 Å². The zero-order valence-corrected chi connectivity index (χ0v) is 11.9. The molecule has 0 radical (unpaired) electrons. The standard InChI is InChI=1S/C13H15BrFN3/c1-8(2)16-6-10-7-17-18-13(10)9-3-4-12(15)11(14)5-9/h3-5,7-8,16H,6H2,1-2H3,(H,17,18). The average Bonchev–Trinajstić information content (AvgIpc) is 2.78. The number of hydrogen-bond acceptors (Lipinski definition) is 2. The van der Waals surface area contributed by atoms with Crippen molar-refractivity contribution in [3.8, 4) is 11.3 Å². The number of hydrogen-bond donors (Lipinski definition) is 2. The number of nitrogens with one attached hydrogen (secondary N) is 2. The van der Waals surface area contributed by atoms with Crippen LogP contribution in [0.25, 0.3) is 11.3 Å². The van der Waals surface area contributed by atoms with Crippen LogP contribution in [-0.2, 0) is 6.54 Å². The fourth-order valence-electron chi connectivity index (χ4n) is 1.66. The molecule has 2 aromatic rings. The van der Waals surface area contributed by atoms with Crippen molar-refractivity contribution < 1.29 is 4.39 Å². The van der Waals surface area contributed by atoms with Crippen LogP contribution >= 0.6 is 15.9 Å². The summed E-state index contributed by atoms with van der Waals surface area (Å²) in [7, 11) is 0. The molecule has 2 N–H and O–H groups in total. The van der Waals surface area contributed by atoms with E-state index in [9.17, 15) is 4.39 Å². The second-order valence-corrected chi connectivity index (χ2v) is 5.29. The molecule has 0 saturated heterocycles. The minimum Gasteiger partial charge on any atom is -0.310 e. The maximum atomic E-state index is 13.2. The number of aromatic amines is 1. The Balaban J connectivity index is 2.27. The van der Waals surface area contributed by atoms with Gasteiger partial charge in [0.15, 0.2) is 0 Å². The summed E-state index contributed by atoms with van der Waals surface area (Å²) in [6.07, 6.45) is 1.79. The lowest BCUT2D eigenvalue weighted by atomic mass is 10.1. The van der Waals surface area contributed by atoms with Crippen LogP contribution < -0.4 is 5.32 Å². The maximum absolute atomic E-state index is 13.2. The number of aromatic nitrogens is 2. The molecule has 0 aliphatic rings. The van der Waals surface area contributed by atoms with E-state index in [1.165, 1.54) is 6.07 Å². The van der Waals surface area contributed by atoms with E-state index in [1.54, 1.807) is 18.3 Å². The van der Waals surface area contributed by atoms with E-state index in [0.29, 0.717) is 10.5 Å². The second kappa shape index (κ2) is 5.63. The van der Waals surface area contributed by atoms with Gasteiger partial charge in [-0.2, -0.15) is 5.10 Å². The van der Waals surface area contributed by atoms with E-state index in [-0.39, 0.29) is 5.82 Å². The molecule has 0 bridgehead atoms. The van der Waals surface area contributed by atoms with Gasteiger partial charge in [-0.3, -0.25) is 5.10 Å². The second-order valence-electron chi connectivity index (χ2n) is 4.43. The van der Waals surface area contributed by atoms with Crippen molar-refractivity contribution >= 4 is 15.9 Å². The highest BCUT2D eigenvalue weighted by atomic mass is 79.9. The Labute approximate surface area is 114 Å². The molecule has 3 nitrogen and oxygen atoms in total. The molecular formula is C13H15BrFN3. The van der Waals surface area contributed by atoms with Crippen LogP contribution in [-0.4, -0.2) is 16.2 Å². The van der Waals surface area contributed by atoms with Gasteiger partial charge < -0.3 is 5.32 Å². The summed E-state index contributed by atoms with van der Waals surface area (Å²) < 4.78 is 13.7. The molecule has 0 aliphatic heterocycles. The van der Waals surface area contributed by atoms with Crippen LogP contribution in [0.3, 0.4) is 0 Å². The molecule has 1 aromatic heterocycles. The van der Waals surface area contributed by atoms with Crippen LogP contribution in [0.1, 0.15) is 19.4 Å². The lowest BCUT2D eigenvalue weighted by Gasteiger charge is -2.08. The Morgan fingerprint density at radius 1 is 1.44 bits per heavy atom. The summed E-state index contributed by atoms with van der Waals surface area (Å²) in [6, 6.07) is 5.35. The summed E-state index contributed by atoms with van der Waals surface area (Å²) >= 11 is 3.19. The van der Waals surface area contributed by atoms with Crippen LogP contribution in [0.2, 0.25) is 0 Å². The van der Waals surface area contributed by atoms with Gasteiger partial charge in [0.25, 0.3) is 0 Å². The Morgan fingerprint density at radius 2 is 2.22 bits per heavy atom. The monoisotopic (exact) mass is 311 g/mol. The first-order valence-corrected chi connectivity index (χ1v) is 6.58. The van der Waals surface area contributed by atoms with Crippen LogP contribution in [0.15, 0.2) is 28.9 Å². The van der Waals surface area contributed by atoms with Crippen molar-refractivity contribution in [1.29, 1.82) is 0 Å². The quantitative estimate of drug-likeness (QED) is 0.907. The first kappa shape index (κ1) is 13.2. The Kier molecular flexibility index (Phi) is 4.14. The molecule has 0 fully saturated rings. The zero-order chi connectivity index (χ0) is 13.1. The fraction of sp³-hybridized carbons (Fsp3) is 0.308. The minimum atomic E-state index is -0.264. The van der Waals surface area contributed by atoms with Gasteiger partial charge in [0.05, 0.1) is 16.4 Å². The topological polar surface area (TPSA) is 40.7 Å². The zero-order valence-electron chi connectivity index (χ0n) is 10.3. The number of nitrogens with zero attached hydrogens (tertiary/aromatic N) is 1. The van der Waals surface area contributed by atoms with E-state index in [2.05, 4.69) is 45.3 Å². The molecule has 0 spiro atoms. The number of benzene rings is 1. The molecule has 0 saturated carbocycles. The summed E-state index contributed by atoms with van der Waals surface area (Å²) in [4.78, 5) is 0. The summed E-state index contributed by atoms with van der Waals surface area (Å²) in [5.74, 6) is -0.264. The molecular weight excluding hydrogens is 297 g/mol. The number of halogens is 2. The van der Waals surface area contributed by atoms with Gasteiger partial charge in [-0.05, 0) is 34.1 Å². The number of H-pyrrole nitrogens is 1. The third-order valence-corrected chi connectivity index (χ3v) is 3.23. The third-order valence-electron chi connectivity index (χ3n) is 2.63. The smallest absolute Gasteiger partial charge is 0.137 e. The van der Waals surface area contributed by atoms with Gasteiger partial charge in [-0.25, -0.2) is 4.39 Å². The maximum Gasteiger partial charge on any atom is 0.137 e. The van der Waals surface area contributed by atoms with E-state index >= 15 is 0 Å². The van der Waals surface area contributed by atoms with Crippen molar-refractivity contribution in [3.63, 3.8) is 0 Å². The molecule has 0 atom stereocenters. The Hall–Kier alpha value is -1.20. The SMILES string of the molecule is CC(C)NCc1cn[nH]c1-c1ccc(F)c(Br)c1. The molecule has 0 unspecified atom stereocenters. The molecule has 0 amide bonds. The summed E-state index contributed by atoms with van der Waals surface area (Å²) in [6.45, 7) is 4.92. The Morgan fingerprint density at radius 3 is 2.89 bits per heavy atom. The van der Waals surface area contributed by atoms with Crippen LogP contribution in [0, 0.1) is 5.82 Å². The highest BCUT2D eigenvalue weighted by Crippen LogP contribution is 2.26. The fourth-order valence-corrected chi connectivity index (χ4v) is 2.04. The minimum absolute atomic E-state index is 0.264. The normalized spacial score (nSPS) is 11.2. The largest absolute Gasteiger partial charge is 0.310 e. The van der Waals surface area contributed by atoms with Crippen LogP contribution in [0.4, 0.5) is 4.39 Å². The van der Waals surface area contributed by atoms with Gasteiger partial charge in [-0.1, -0.05) is 13.8 Å². The molecule has 1 heterocycles. The molecule has 1 aromatic carbocycles. The van der Waals surface area contributed by atoms with Gasteiger partial charge in [0.2, 0.25) is 0 Å². The molecule has 18 heavy (non-hydrogen) atoms. The first-order valence-electron chi connectivity index (χ1n) is 5.79. The van der Waals surface area contributed by atoms with Crippen molar-refractivity contribution in [2.75, 3.05) is 0 Å². The van der Waals surface area contributed by atoms with Gasteiger partial charge in [-0.15, -0.1) is 0 Å². The number of rotatable bonds is 4. The molecule has 5 heteroatoms. The van der Waals surface area contributed by atoms with E-state index in [1.807, 2.05) is 0 Å². The first-order chi connectivity index (χ1) is 8.58. The van der Waals surface area contributed by atoms with Gasteiger partial charge in [0.1, 0.15) is 5.82 Å². The highest BCUT2D eigenvalue weighted by molar-refractivity contribution is 9.10. The Bertz CT molecular complexity index is 537. The lowest BCUT2D eigenvalue weighted by Crippen LogP contribution is -2.21. The van der Waals surface area contributed by atoms with Crippen molar-refractivity contribution in [2.45, 2.75) is 26.4 Å². The lowest BCUT2D eigenvalue weighted by molar-refractivity contribution is 0.589. The molecule has 0 aliphatic carbocycles. The summed E-state index contributed by atoms with van der Waals surface area (Å²) in [5.41, 5.74) is 2.91. The average molecular weight is 312 g/mol. The van der Waals surface area contributed by atoms with Crippen LogP contribution in [0.5, 0.6) is 0 Å².